The Morgan fingerprint density at radius 3 is 2.82 bits per heavy atom. The summed E-state index contributed by atoms with van der Waals surface area (Å²) in [5.74, 6) is 9.26. The van der Waals surface area contributed by atoms with Crippen LogP contribution in [0, 0.1) is 0 Å². The highest BCUT2D eigenvalue weighted by atomic mass is 32.2. The van der Waals surface area contributed by atoms with Gasteiger partial charge in [0, 0.05) is 36.4 Å². The molecule has 94 valence electrons. The summed E-state index contributed by atoms with van der Waals surface area (Å²) < 4.78 is 0. The molecule has 1 aromatic heterocycles. The predicted octanol–water partition coefficient (Wildman–Crippen LogP) is 1.27. The Balaban J connectivity index is 2.21. The molecule has 0 saturated carbocycles. The minimum absolute atomic E-state index is 0.705. The summed E-state index contributed by atoms with van der Waals surface area (Å²) in [7, 11) is 0. The Morgan fingerprint density at radius 2 is 2.18 bits per heavy atom. The number of rotatable bonds is 4. The zero-order chi connectivity index (χ0) is 12.1. The predicted molar refractivity (Wildman–Crippen MR) is 73.4 cm³/mol. The number of aryl methyl sites for hydroxylation is 1. The lowest BCUT2D eigenvalue weighted by atomic mass is 10.2. The fraction of sp³-hybridized carbons (Fsp3) is 0.636. The number of nitrogens with one attached hydrogen (secondary N) is 1. The number of nitrogens with two attached hydrogens (primary N) is 1. The molecule has 1 saturated heterocycles. The van der Waals surface area contributed by atoms with Crippen molar-refractivity contribution in [2.24, 2.45) is 5.84 Å². The van der Waals surface area contributed by atoms with E-state index in [4.69, 9.17) is 5.84 Å². The lowest BCUT2D eigenvalue weighted by molar-refractivity contribution is 0.794. The summed E-state index contributed by atoms with van der Waals surface area (Å²) in [6.45, 7) is 4.18. The zero-order valence-electron chi connectivity index (χ0n) is 10.1. The summed E-state index contributed by atoms with van der Waals surface area (Å²) in [5.41, 5.74) is 3.68. The first kappa shape index (κ1) is 12.4. The van der Waals surface area contributed by atoms with E-state index >= 15 is 0 Å². The Morgan fingerprint density at radius 1 is 1.41 bits per heavy atom. The molecular formula is C11H19N5S. The average molecular weight is 253 g/mol. The number of hydrazine groups is 1. The summed E-state index contributed by atoms with van der Waals surface area (Å²) in [5, 5.41) is 0. The number of nitrogen functional groups attached to an aromatic ring is 1. The van der Waals surface area contributed by atoms with Crippen LogP contribution in [0.2, 0.25) is 0 Å². The Labute approximate surface area is 106 Å². The van der Waals surface area contributed by atoms with Crippen molar-refractivity contribution in [2.45, 2.75) is 19.8 Å². The van der Waals surface area contributed by atoms with Crippen molar-refractivity contribution in [3.05, 3.63) is 11.8 Å². The fourth-order valence-electron chi connectivity index (χ4n) is 1.85. The first-order valence-corrected chi connectivity index (χ1v) is 7.16. The Hall–Kier alpha value is -1.01. The maximum absolute atomic E-state index is 5.45. The van der Waals surface area contributed by atoms with Crippen molar-refractivity contribution in [1.82, 2.24) is 9.97 Å². The zero-order valence-corrected chi connectivity index (χ0v) is 11.0. The number of thioether (sulfide) groups is 1. The van der Waals surface area contributed by atoms with Gasteiger partial charge in [-0.05, 0) is 6.42 Å². The van der Waals surface area contributed by atoms with E-state index in [0.29, 0.717) is 5.82 Å². The van der Waals surface area contributed by atoms with Crippen LogP contribution in [0.4, 0.5) is 11.8 Å². The van der Waals surface area contributed by atoms with Crippen molar-refractivity contribution < 1.29 is 0 Å². The van der Waals surface area contributed by atoms with E-state index in [-0.39, 0.29) is 0 Å². The van der Waals surface area contributed by atoms with Crippen LogP contribution in [0.1, 0.15) is 19.0 Å². The quantitative estimate of drug-likeness (QED) is 0.622. The van der Waals surface area contributed by atoms with Gasteiger partial charge in [-0.1, -0.05) is 13.3 Å². The largest absolute Gasteiger partial charge is 0.339 e. The first-order chi connectivity index (χ1) is 8.33. The van der Waals surface area contributed by atoms with Crippen molar-refractivity contribution in [2.75, 3.05) is 34.9 Å². The molecular weight excluding hydrogens is 234 g/mol. The van der Waals surface area contributed by atoms with Gasteiger partial charge in [-0.25, -0.2) is 10.8 Å². The molecule has 6 heteroatoms. The molecule has 0 bridgehead atoms. The van der Waals surface area contributed by atoms with E-state index in [2.05, 4.69) is 27.2 Å². The normalized spacial score (nSPS) is 16.0. The van der Waals surface area contributed by atoms with Gasteiger partial charge in [-0.3, -0.25) is 0 Å². The molecule has 2 rings (SSSR count). The maximum Gasteiger partial charge on any atom is 0.227 e. The second-order valence-electron chi connectivity index (χ2n) is 4.04. The van der Waals surface area contributed by atoms with Gasteiger partial charge in [-0.2, -0.15) is 16.7 Å². The van der Waals surface area contributed by atoms with Gasteiger partial charge < -0.3 is 10.3 Å². The topological polar surface area (TPSA) is 67.1 Å². The third-order valence-corrected chi connectivity index (χ3v) is 3.66. The Bertz CT molecular complexity index is 365. The van der Waals surface area contributed by atoms with Gasteiger partial charge in [-0.15, -0.1) is 0 Å². The fourth-order valence-corrected chi connectivity index (χ4v) is 2.75. The molecule has 3 N–H and O–H groups in total. The SMILES string of the molecule is CCCc1cc(NN)nc(N2CCSCC2)n1. The number of nitrogens with zero attached hydrogens (tertiary/aromatic N) is 3. The lowest BCUT2D eigenvalue weighted by Gasteiger charge is -2.26. The minimum atomic E-state index is 0.705. The number of aromatic nitrogens is 2. The van der Waals surface area contributed by atoms with Crippen LogP contribution in [-0.4, -0.2) is 34.6 Å². The highest BCUT2D eigenvalue weighted by molar-refractivity contribution is 7.99. The van der Waals surface area contributed by atoms with E-state index < -0.39 is 0 Å². The van der Waals surface area contributed by atoms with Crippen molar-refractivity contribution in [3.63, 3.8) is 0 Å². The highest BCUT2D eigenvalue weighted by Gasteiger charge is 2.15. The van der Waals surface area contributed by atoms with Crippen LogP contribution in [0.3, 0.4) is 0 Å². The smallest absolute Gasteiger partial charge is 0.227 e. The molecule has 1 aromatic rings. The molecule has 0 aromatic carbocycles. The van der Waals surface area contributed by atoms with Crippen molar-refractivity contribution in [3.8, 4) is 0 Å². The molecule has 0 radical (unpaired) electrons. The summed E-state index contributed by atoms with van der Waals surface area (Å²) >= 11 is 1.98. The van der Waals surface area contributed by atoms with E-state index in [9.17, 15) is 0 Å². The number of hydrogen-bond acceptors (Lipinski definition) is 6. The number of anilines is 2. The van der Waals surface area contributed by atoms with Gasteiger partial charge in [0.1, 0.15) is 5.82 Å². The lowest BCUT2D eigenvalue weighted by Crippen LogP contribution is -2.34. The summed E-state index contributed by atoms with van der Waals surface area (Å²) in [6, 6.07) is 1.92. The van der Waals surface area contributed by atoms with Crippen LogP contribution >= 0.6 is 11.8 Å². The van der Waals surface area contributed by atoms with Crippen LogP contribution < -0.4 is 16.2 Å². The molecule has 1 fully saturated rings. The summed E-state index contributed by atoms with van der Waals surface area (Å²) in [6.07, 6.45) is 2.04. The highest BCUT2D eigenvalue weighted by Crippen LogP contribution is 2.18. The van der Waals surface area contributed by atoms with E-state index in [1.54, 1.807) is 0 Å². The van der Waals surface area contributed by atoms with Crippen molar-refractivity contribution >= 4 is 23.5 Å². The van der Waals surface area contributed by atoms with Crippen LogP contribution in [0.25, 0.3) is 0 Å². The third-order valence-electron chi connectivity index (χ3n) is 2.72. The van der Waals surface area contributed by atoms with Crippen LogP contribution in [0.15, 0.2) is 6.07 Å². The molecule has 1 aliphatic rings. The van der Waals surface area contributed by atoms with Gasteiger partial charge in [0.15, 0.2) is 0 Å². The molecule has 0 amide bonds. The van der Waals surface area contributed by atoms with E-state index in [1.165, 1.54) is 0 Å². The molecule has 0 spiro atoms. The molecule has 0 aliphatic carbocycles. The molecule has 0 atom stereocenters. The molecule has 5 nitrogen and oxygen atoms in total. The van der Waals surface area contributed by atoms with E-state index in [1.807, 2.05) is 17.8 Å². The van der Waals surface area contributed by atoms with Gasteiger partial charge in [0.05, 0.1) is 0 Å². The Kier molecular flexibility index (Phi) is 4.44. The second kappa shape index (κ2) is 6.07. The van der Waals surface area contributed by atoms with Gasteiger partial charge in [0.25, 0.3) is 0 Å². The van der Waals surface area contributed by atoms with Gasteiger partial charge in [0.2, 0.25) is 5.95 Å². The molecule has 17 heavy (non-hydrogen) atoms. The molecule has 1 aliphatic heterocycles. The van der Waals surface area contributed by atoms with Gasteiger partial charge >= 0.3 is 0 Å². The standard InChI is InChI=1S/C11H19N5S/c1-2-3-9-8-10(15-12)14-11(13-9)16-4-6-17-7-5-16/h8H,2-7,12H2,1H3,(H,13,14,15). The van der Waals surface area contributed by atoms with E-state index in [0.717, 1.165) is 49.1 Å². The minimum Gasteiger partial charge on any atom is -0.339 e. The van der Waals surface area contributed by atoms with Crippen LogP contribution in [0.5, 0.6) is 0 Å². The summed E-state index contributed by atoms with van der Waals surface area (Å²) in [4.78, 5) is 11.3. The molecule has 0 unspecified atom stereocenters. The third kappa shape index (κ3) is 3.23. The molecule has 2 heterocycles. The average Bonchev–Trinajstić information content (AvgIpc) is 2.40. The maximum atomic E-state index is 5.45. The van der Waals surface area contributed by atoms with Crippen LogP contribution in [-0.2, 0) is 6.42 Å². The monoisotopic (exact) mass is 253 g/mol. The first-order valence-electron chi connectivity index (χ1n) is 6.00. The number of hydrogen-bond donors (Lipinski definition) is 2. The second-order valence-corrected chi connectivity index (χ2v) is 5.26. The van der Waals surface area contributed by atoms with Crippen molar-refractivity contribution in [1.29, 1.82) is 0 Å².